The van der Waals surface area contributed by atoms with E-state index in [1.807, 2.05) is 0 Å². The van der Waals surface area contributed by atoms with Gasteiger partial charge in [0.25, 0.3) is 5.89 Å². The van der Waals surface area contributed by atoms with E-state index in [2.05, 4.69) is 19.4 Å². The Morgan fingerprint density at radius 1 is 1.43 bits per heavy atom. The van der Waals surface area contributed by atoms with E-state index >= 15 is 0 Å². The zero-order valence-electron chi connectivity index (χ0n) is 6.91. The van der Waals surface area contributed by atoms with E-state index in [4.69, 9.17) is 5.11 Å². The molecule has 0 atom stereocenters. The lowest BCUT2D eigenvalue weighted by Crippen LogP contribution is -2.16. The molecule has 0 spiro atoms. The van der Waals surface area contributed by atoms with Crippen molar-refractivity contribution in [1.29, 1.82) is 0 Å². The number of hydrogen-bond donors (Lipinski definition) is 1. The van der Waals surface area contributed by atoms with Crippen LogP contribution in [0.3, 0.4) is 0 Å². The summed E-state index contributed by atoms with van der Waals surface area (Å²) in [5, 5.41) is 11.8. The number of aromatic nitrogens is 2. The second-order valence-electron chi connectivity index (χ2n) is 2.37. The Balaban J connectivity index is 2.31. The van der Waals surface area contributed by atoms with E-state index < -0.39 is 26.0 Å². The molecule has 0 saturated carbocycles. The minimum absolute atomic E-state index is 0.00982. The van der Waals surface area contributed by atoms with Gasteiger partial charge in [0.2, 0.25) is 0 Å². The average Bonchev–Trinajstić information content (AvgIpc) is 2.50. The van der Waals surface area contributed by atoms with Crippen LogP contribution in [0.5, 0.6) is 0 Å². The number of hydrogen-bond acceptors (Lipinski definition) is 5. The van der Waals surface area contributed by atoms with E-state index in [9.17, 15) is 13.2 Å². The summed E-state index contributed by atoms with van der Waals surface area (Å²) in [6.45, 7) is -2.22. The molecule has 0 aliphatic heterocycles. The average molecular weight is 212 g/mol. The van der Waals surface area contributed by atoms with Crippen molar-refractivity contribution in [3.63, 3.8) is 0 Å². The number of alkyl halides is 3. The Morgan fingerprint density at radius 2 is 2.14 bits per heavy atom. The number of rotatable bonds is 4. The molecule has 0 aliphatic carbocycles. The first-order chi connectivity index (χ1) is 6.51. The molecule has 1 aromatic rings. The summed E-state index contributed by atoms with van der Waals surface area (Å²) in [5.41, 5.74) is 0. The molecule has 0 saturated heterocycles. The molecule has 0 radical (unpaired) electrons. The minimum atomic E-state index is -4.38. The van der Waals surface area contributed by atoms with Crippen molar-refractivity contribution in [1.82, 2.24) is 10.1 Å². The number of aliphatic hydroxyl groups is 1. The first-order valence-electron chi connectivity index (χ1n) is 3.58. The van der Waals surface area contributed by atoms with Crippen LogP contribution in [-0.2, 0) is 18.0 Å². The molecule has 5 nitrogen and oxygen atoms in total. The Morgan fingerprint density at radius 3 is 2.64 bits per heavy atom. The quantitative estimate of drug-likeness (QED) is 0.793. The summed E-state index contributed by atoms with van der Waals surface area (Å²) >= 11 is 0. The summed E-state index contributed by atoms with van der Waals surface area (Å²) in [6.07, 6.45) is -4.38. The Bertz CT molecular complexity index is 286. The standard InChI is InChI=1S/C6H7F3N2O3/c7-6(8,9)3-13-2-5-10-4(1-12)11-14-5/h12H,1-3H2. The van der Waals surface area contributed by atoms with Gasteiger partial charge in [0, 0.05) is 0 Å². The van der Waals surface area contributed by atoms with Crippen molar-refractivity contribution >= 4 is 0 Å². The van der Waals surface area contributed by atoms with Crippen LogP contribution in [0.1, 0.15) is 11.7 Å². The third kappa shape index (κ3) is 3.71. The highest BCUT2D eigenvalue weighted by Crippen LogP contribution is 2.15. The van der Waals surface area contributed by atoms with Gasteiger partial charge in [-0.05, 0) is 0 Å². The van der Waals surface area contributed by atoms with Crippen LogP contribution in [0, 0.1) is 0 Å². The molecule has 14 heavy (non-hydrogen) atoms. The van der Waals surface area contributed by atoms with Crippen molar-refractivity contribution in [2.75, 3.05) is 6.61 Å². The lowest BCUT2D eigenvalue weighted by Gasteiger charge is -2.04. The maximum atomic E-state index is 11.6. The monoisotopic (exact) mass is 212 g/mol. The molecule has 80 valence electrons. The second-order valence-corrected chi connectivity index (χ2v) is 2.37. The van der Waals surface area contributed by atoms with Gasteiger partial charge in [-0.1, -0.05) is 5.16 Å². The zero-order valence-corrected chi connectivity index (χ0v) is 6.91. The van der Waals surface area contributed by atoms with Crippen LogP contribution in [-0.4, -0.2) is 28.0 Å². The third-order valence-corrected chi connectivity index (χ3v) is 1.14. The summed E-state index contributed by atoms with van der Waals surface area (Å²) in [5.74, 6) is -0.0890. The molecule has 0 aliphatic rings. The molecule has 1 N–H and O–H groups in total. The molecule has 1 rings (SSSR count). The van der Waals surface area contributed by atoms with Gasteiger partial charge >= 0.3 is 6.18 Å². The van der Waals surface area contributed by atoms with Gasteiger partial charge < -0.3 is 14.4 Å². The molecule has 1 heterocycles. The smallest absolute Gasteiger partial charge is 0.388 e. The van der Waals surface area contributed by atoms with Crippen LogP contribution in [0.2, 0.25) is 0 Å². The topological polar surface area (TPSA) is 68.4 Å². The van der Waals surface area contributed by atoms with Crippen molar-refractivity contribution < 1.29 is 27.5 Å². The molecule has 0 aromatic carbocycles. The Labute approximate surface area is 76.5 Å². The van der Waals surface area contributed by atoms with E-state index in [0.717, 1.165) is 0 Å². The van der Waals surface area contributed by atoms with E-state index in [1.54, 1.807) is 0 Å². The molecule has 0 bridgehead atoms. The van der Waals surface area contributed by atoms with Gasteiger partial charge in [0.15, 0.2) is 5.82 Å². The van der Waals surface area contributed by atoms with Crippen LogP contribution in [0.25, 0.3) is 0 Å². The highest BCUT2D eigenvalue weighted by molar-refractivity contribution is 4.81. The first-order valence-corrected chi connectivity index (χ1v) is 3.58. The highest BCUT2D eigenvalue weighted by atomic mass is 19.4. The number of ether oxygens (including phenoxy) is 1. The van der Waals surface area contributed by atoms with E-state index in [0.29, 0.717) is 0 Å². The van der Waals surface area contributed by atoms with Gasteiger partial charge in [-0.15, -0.1) is 0 Å². The number of aliphatic hydroxyl groups excluding tert-OH is 1. The fraction of sp³-hybridized carbons (Fsp3) is 0.667. The van der Waals surface area contributed by atoms with Gasteiger partial charge in [-0.3, -0.25) is 0 Å². The maximum absolute atomic E-state index is 11.6. The molecular formula is C6H7F3N2O3. The predicted octanol–water partition coefficient (Wildman–Crippen LogP) is 0.641. The molecule has 0 amide bonds. The highest BCUT2D eigenvalue weighted by Gasteiger charge is 2.27. The van der Waals surface area contributed by atoms with E-state index in [1.165, 1.54) is 0 Å². The zero-order chi connectivity index (χ0) is 10.6. The summed E-state index contributed by atoms with van der Waals surface area (Å²) in [4.78, 5) is 3.53. The van der Waals surface area contributed by atoms with Gasteiger partial charge in [-0.2, -0.15) is 18.2 Å². The normalized spacial score (nSPS) is 12.0. The van der Waals surface area contributed by atoms with Gasteiger partial charge in [0.1, 0.15) is 19.8 Å². The van der Waals surface area contributed by atoms with Crippen molar-refractivity contribution in [2.45, 2.75) is 19.4 Å². The third-order valence-electron chi connectivity index (χ3n) is 1.14. The van der Waals surface area contributed by atoms with Crippen molar-refractivity contribution in [2.24, 2.45) is 0 Å². The molecular weight excluding hydrogens is 205 g/mol. The maximum Gasteiger partial charge on any atom is 0.411 e. The van der Waals surface area contributed by atoms with Crippen LogP contribution >= 0.6 is 0 Å². The van der Waals surface area contributed by atoms with Gasteiger partial charge in [0.05, 0.1) is 0 Å². The lowest BCUT2D eigenvalue weighted by atomic mass is 10.6. The van der Waals surface area contributed by atoms with Crippen molar-refractivity contribution in [3.05, 3.63) is 11.7 Å². The number of halogens is 3. The van der Waals surface area contributed by atoms with Crippen LogP contribution < -0.4 is 0 Å². The largest absolute Gasteiger partial charge is 0.411 e. The van der Waals surface area contributed by atoms with E-state index in [-0.39, 0.29) is 11.7 Å². The summed E-state index contributed by atoms with van der Waals surface area (Å²) < 4.78 is 43.5. The fourth-order valence-electron chi connectivity index (χ4n) is 0.667. The molecule has 8 heteroatoms. The molecule has 0 unspecified atom stereocenters. The van der Waals surface area contributed by atoms with Crippen molar-refractivity contribution in [3.8, 4) is 0 Å². The summed E-state index contributed by atoms with van der Waals surface area (Å²) in [6, 6.07) is 0. The Kier molecular flexibility index (Phi) is 3.42. The molecule has 0 fully saturated rings. The fourth-order valence-corrected chi connectivity index (χ4v) is 0.667. The van der Waals surface area contributed by atoms with Crippen LogP contribution in [0.4, 0.5) is 13.2 Å². The predicted molar refractivity (Wildman–Crippen MR) is 35.9 cm³/mol. The van der Waals surface area contributed by atoms with Crippen LogP contribution in [0.15, 0.2) is 4.52 Å². The van der Waals surface area contributed by atoms with Gasteiger partial charge in [-0.25, -0.2) is 0 Å². The Hall–Kier alpha value is -1.15. The number of nitrogens with zero attached hydrogens (tertiary/aromatic N) is 2. The molecule has 1 aromatic heterocycles. The lowest BCUT2D eigenvalue weighted by molar-refractivity contribution is -0.178. The minimum Gasteiger partial charge on any atom is -0.388 e. The second kappa shape index (κ2) is 4.38. The first kappa shape index (κ1) is 10.9. The summed E-state index contributed by atoms with van der Waals surface area (Å²) in [7, 11) is 0. The SMILES string of the molecule is OCc1noc(COCC(F)(F)F)n1.